The minimum atomic E-state index is -0.456. The summed E-state index contributed by atoms with van der Waals surface area (Å²) in [5, 5.41) is 3.37. The van der Waals surface area contributed by atoms with Gasteiger partial charge in [-0.25, -0.2) is 9.78 Å². The van der Waals surface area contributed by atoms with Crippen molar-refractivity contribution < 1.29 is 9.53 Å². The van der Waals surface area contributed by atoms with Crippen LogP contribution < -0.4 is 5.32 Å². The molecule has 2 rings (SSSR count). The predicted octanol–water partition coefficient (Wildman–Crippen LogP) is 1.30. The maximum Gasteiger partial charge on any atom is 0.410 e. The zero-order chi connectivity index (χ0) is 14.0. The summed E-state index contributed by atoms with van der Waals surface area (Å²) in [5.74, 6) is 0. The van der Waals surface area contributed by atoms with Crippen LogP contribution in [0, 0.1) is 0 Å². The molecule has 19 heavy (non-hydrogen) atoms. The van der Waals surface area contributed by atoms with Crippen molar-refractivity contribution >= 4 is 6.09 Å². The van der Waals surface area contributed by atoms with E-state index in [0.29, 0.717) is 13.1 Å². The number of imidazole rings is 1. The van der Waals surface area contributed by atoms with E-state index in [9.17, 15) is 4.79 Å². The van der Waals surface area contributed by atoms with E-state index in [1.807, 2.05) is 38.6 Å². The van der Waals surface area contributed by atoms with Crippen LogP contribution in [0.4, 0.5) is 4.79 Å². The molecule has 0 radical (unpaired) electrons. The summed E-state index contributed by atoms with van der Waals surface area (Å²) in [7, 11) is 1.94. The number of hydrogen-bond donors (Lipinski definition) is 1. The van der Waals surface area contributed by atoms with Gasteiger partial charge in [0.25, 0.3) is 0 Å². The molecule has 0 bridgehead atoms. The fourth-order valence-corrected chi connectivity index (χ4v) is 2.05. The molecule has 1 aliphatic heterocycles. The predicted molar refractivity (Wildman–Crippen MR) is 71.8 cm³/mol. The first-order valence-electron chi connectivity index (χ1n) is 6.54. The molecule has 1 saturated heterocycles. The average molecular weight is 266 g/mol. The molecule has 1 N–H and O–H groups in total. The Balaban J connectivity index is 1.99. The number of carbonyl (C=O) groups is 1. The highest BCUT2D eigenvalue weighted by atomic mass is 16.6. The number of aryl methyl sites for hydroxylation is 1. The van der Waals surface area contributed by atoms with Gasteiger partial charge < -0.3 is 19.5 Å². The second-order valence-electron chi connectivity index (χ2n) is 5.90. The highest BCUT2D eigenvalue weighted by Crippen LogP contribution is 2.17. The SMILES string of the molecule is Cn1cnc(C2CN(C(=O)OC(C)(C)C)CCN2)c1. The molecule has 0 saturated carbocycles. The molecule has 0 aromatic carbocycles. The lowest BCUT2D eigenvalue weighted by Crippen LogP contribution is -2.49. The summed E-state index contributed by atoms with van der Waals surface area (Å²) in [5.41, 5.74) is 0.499. The fourth-order valence-electron chi connectivity index (χ4n) is 2.05. The summed E-state index contributed by atoms with van der Waals surface area (Å²) in [4.78, 5) is 18.1. The number of ether oxygens (including phenoxy) is 1. The number of aromatic nitrogens is 2. The lowest BCUT2D eigenvalue weighted by molar-refractivity contribution is 0.0194. The number of carbonyl (C=O) groups excluding carboxylic acids is 1. The first-order chi connectivity index (χ1) is 8.85. The third-order valence-corrected chi connectivity index (χ3v) is 2.91. The third kappa shape index (κ3) is 3.70. The Morgan fingerprint density at radius 2 is 2.26 bits per heavy atom. The number of nitrogens with one attached hydrogen (secondary N) is 1. The van der Waals surface area contributed by atoms with Crippen molar-refractivity contribution in [2.45, 2.75) is 32.4 Å². The van der Waals surface area contributed by atoms with Gasteiger partial charge in [0, 0.05) is 32.9 Å². The molecule has 0 aliphatic carbocycles. The molecule has 1 fully saturated rings. The fraction of sp³-hybridized carbons (Fsp3) is 0.692. The Bertz CT molecular complexity index is 450. The molecule has 1 atom stereocenters. The molecule has 6 heteroatoms. The summed E-state index contributed by atoms with van der Waals surface area (Å²) in [6.45, 7) is 7.64. The largest absolute Gasteiger partial charge is 0.444 e. The van der Waals surface area contributed by atoms with Gasteiger partial charge in [0.05, 0.1) is 18.1 Å². The lowest BCUT2D eigenvalue weighted by atomic mass is 10.1. The molecule has 106 valence electrons. The second kappa shape index (κ2) is 5.21. The zero-order valence-corrected chi connectivity index (χ0v) is 12.0. The van der Waals surface area contributed by atoms with Gasteiger partial charge in [0.1, 0.15) is 5.60 Å². The first-order valence-corrected chi connectivity index (χ1v) is 6.54. The van der Waals surface area contributed by atoms with Crippen molar-refractivity contribution in [1.29, 1.82) is 0 Å². The van der Waals surface area contributed by atoms with E-state index in [1.54, 1.807) is 11.2 Å². The molecule has 0 spiro atoms. The molecular weight excluding hydrogens is 244 g/mol. The number of piperazine rings is 1. The standard InChI is InChI=1S/C13H22N4O2/c1-13(2,3)19-12(18)17-6-5-14-11(8-17)10-7-16(4)9-15-10/h7,9,11,14H,5-6,8H2,1-4H3. The van der Waals surface area contributed by atoms with Crippen molar-refractivity contribution in [1.82, 2.24) is 19.8 Å². The highest BCUT2D eigenvalue weighted by Gasteiger charge is 2.28. The van der Waals surface area contributed by atoms with Gasteiger partial charge in [-0.15, -0.1) is 0 Å². The molecule has 1 amide bonds. The minimum Gasteiger partial charge on any atom is -0.444 e. The second-order valence-corrected chi connectivity index (χ2v) is 5.90. The van der Waals surface area contributed by atoms with Gasteiger partial charge in [0.15, 0.2) is 0 Å². The molecule has 1 aromatic rings. The molecule has 6 nitrogen and oxygen atoms in total. The molecule has 1 unspecified atom stereocenters. The summed E-state index contributed by atoms with van der Waals surface area (Å²) < 4.78 is 7.31. The van der Waals surface area contributed by atoms with Crippen molar-refractivity contribution in [3.8, 4) is 0 Å². The van der Waals surface area contributed by atoms with E-state index < -0.39 is 5.60 Å². The molecular formula is C13H22N4O2. The Morgan fingerprint density at radius 1 is 1.53 bits per heavy atom. The smallest absolute Gasteiger partial charge is 0.410 e. The van der Waals surface area contributed by atoms with Crippen LogP contribution in [-0.4, -0.2) is 45.8 Å². The van der Waals surface area contributed by atoms with Gasteiger partial charge in [-0.3, -0.25) is 0 Å². The van der Waals surface area contributed by atoms with Crippen LogP contribution >= 0.6 is 0 Å². The Morgan fingerprint density at radius 3 is 2.84 bits per heavy atom. The highest BCUT2D eigenvalue weighted by molar-refractivity contribution is 5.68. The maximum absolute atomic E-state index is 12.0. The Hall–Kier alpha value is -1.56. The normalized spacial score (nSPS) is 20.4. The van der Waals surface area contributed by atoms with E-state index >= 15 is 0 Å². The van der Waals surface area contributed by atoms with Crippen molar-refractivity contribution in [2.24, 2.45) is 7.05 Å². The van der Waals surface area contributed by atoms with Gasteiger partial charge in [0.2, 0.25) is 0 Å². The number of amides is 1. The van der Waals surface area contributed by atoms with E-state index in [1.165, 1.54) is 0 Å². The van der Waals surface area contributed by atoms with Crippen LogP contribution in [0.3, 0.4) is 0 Å². The summed E-state index contributed by atoms with van der Waals surface area (Å²) in [6.07, 6.45) is 3.48. The van der Waals surface area contributed by atoms with Gasteiger partial charge in [-0.1, -0.05) is 0 Å². The molecule has 1 aromatic heterocycles. The topological polar surface area (TPSA) is 59.4 Å². The monoisotopic (exact) mass is 266 g/mol. The number of nitrogens with zero attached hydrogens (tertiary/aromatic N) is 3. The van der Waals surface area contributed by atoms with Crippen LogP contribution in [0.15, 0.2) is 12.5 Å². The first kappa shape index (κ1) is 13.9. The van der Waals surface area contributed by atoms with Gasteiger partial charge in [-0.05, 0) is 20.8 Å². The van der Waals surface area contributed by atoms with Crippen LogP contribution in [0.1, 0.15) is 32.5 Å². The Labute approximate surface area is 113 Å². The zero-order valence-electron chi connectivity index (χ0n) is 12.0. The van der Waals surface area contributed by atoms with E-state index in [2.05, 4.69) is 10.3 Å². The quantitative estimate of drug-likeness (QED) is 0.832. The van der Waals surface area contributed by atoms with Crippen molar-refractivity contribution in [2.75, 3.05) is 19.6 Å². The lowest BCUT2D eigenvalue weighted by Gasteiger charge is -2.34. The van der Waals surface area contributed by atoms with Crippen LogP contribution in [0.25, 0.3) is 0 Å². The van der Waals surface area contributed by atoms with Crippen LogP contribution in [0.2, 0.25) is 0 Å². The van der Waals surface area contributed by atoms with Gasteiger partial charge in [-0.2, -0.15) is 0 Å². The third-order valence-electron chi connectivity index (χ3n) is 2.91. The van der Waals surface area contributed by atoms with Crippen molar-refractivity contribution in [3.05, 3.63) is 18.2 Å². The van der Waals surface area contributed by atoms with E-state index in [0.717, 1.165) is 12.2 Å². The van der Waals surface area contributed by atoms with Gasteiger partial charge >= 0.3 is 6.09 Å². The van der Waals surface area contributed by atoms with E-state index in [-0.39, 0.29) is 12.1 Å². The summed E-state index contributed by atoms with van der Waals surface area (Å²) in [6, 6.07) is 0.0717. The number of hydrogen-bond acceptors (Lipinski definition) is 4. The average Bonchev–Trinajstić information content (AvgIpc) is 2.74. The van der Waals surface area contributed by atoms with Crippen molar-refractivity contribution in [3.63, 3.8) is 0 Å². The molecule has 2 heterocycles. The number of rotatable bonds is 1. The van der Waals surface area contributed by atoms with E-state index in [4.69, 9.17) is 4.74 Å². The maximum atomic E-state index is 12.0. The summed E-state index contributed by atoms with van der Waals surface area (Å²) >= 11 is 0. The van der Waals surface area contributed by atoms with Crippen LogP contribution in [-0.2, 0) is 11.8 Å². The minimum absolute atomic E-state index is 0.0717. The molecule has 1 aliphatic rings. The Kier molecular flexibility index (Phi) is 3.80. The van der Waals surface area contributed by atoms with Crippen LogP contribution in [0.5, 0.6) is 0 Å².